The van der Waals surface area contributed by atoms with Gasteiger partial charge in [-0.1, -0.05) is 37.6 Å². The Kier molecular flexibility index (Phi) is 6.13. The maximum atomic E-state index is 11.8. The number of Topliss-reactive ketones (excluding diaryl/α,β-unsaturated/α-hetero) is 1. The van der Waals surface area contributed by atoms with E-state index in [9.17, 15) is 9.59 Å². The summed E-state index contributed by atoms with van der Waals surface area (Å²) < 4.78 is 11.4. The van der Waals surface area contributed by atoms with Gasteiger partial charge in [-0.05, 0) is 31.0 Å². The number of hydrogen-bond acceptors (Lipinski definition) is 4. The topological polar surface area (TPSA) is 52.6 Å². The van der Waals surface area contributed by atoms with Gasteiger partial charge in [-0.3, -0.25) is 9.59 Å². The van der Waals surface area contributed by atoms with E-state index in [2.05, 4.69) is 6.92 Å². The number of benzene rings is 2. The second-order valence-electron chi connectivity index (χ2n) is 5.58. The van der Waals surface area contributed by atoms with E-state index in [4.69, 9.17) is 9.47 Å². The zero-order chi connectivity index (χ0) is 17.5. The number of carbonyl (C=O) groups is 2. The lowest BCUT2D eigenvalue weighted by Gasteiger charge is -2.17. The van der Waals surface area contributed by atoms with Gasteiger partial charge in [0, 0.05) is 11.1 Å². The van der Waals surface area contributed by atoms with Crippen molar-refractivity contribution in [2.75, 3.05) is 7.11 Å². The van der Waals surface area contributed by atoms with Gasteiger partial charge in [-0.25, -0.2) is 0 Å². The molecule has 0 bridgehead atoms. The molecule has 0 saturated heterocycles. The van der Waals surface area contributed by atoms with Crippen molar-refractivity contribution in [1.82, 2.24) is 0 Å². The fourth-order valence-electron chi connectivity index (χ4n) is 2.60. The number of hydrogen-bond donors (Lipinski definition) is 0. The van der Waals surface area contributed by atoms with Crippen molar-refractivity contribution < 1.29 is 19.1 Å². The summed E-state index contributed by atoms with van der Waals surface area (Å²) >= 11 is 0. The van der Waals surface area contributed by atoms with Gasteiger partial charge in [0.15, 0.2) is 5.78 Å². The first-order valence-corrected chi connectivity index (χ1v) is 7.98. The van der Waals surface area contributed by atoms with Crippen molar-refractivity contribution in [2.45, 2.75) is 33.3 Å². The molecule has 4 heteroatoms. The molecular weight excluding hydrogens is 304 g/mol. The van der Waals surface area contributed by atoms with Crippen LogP contribution in [0.2, 0.25) is 0 Å². The molecule has 0 aliphatic rings. The van der Waals surface area contributed by atoms with E-state index >= 15 is 0 Å². The minimum absolute atomic E-state index is 0.0276. The van der Waals surface area contributed by atoms with Crippen LogP contribution in [0.15, 0.2) is 36.4 Å². The van der Waals surface area contributed by atoms with Crippen LogP contribution in [0.25, 0.3) is 0 Å². The molecular formula is C20H22O4. The average Bonchev–Trinajstić information content (AvgIpc) is 2.60. The van der Waals surface area contributed by atoms with Crippen molar-refractivity contribution in [3.8, 4) is 11.5 Å². The molecule has 126 valence electrons. The number of ether oxygens (including phenoxy) is 2. The summed E-state index contributed by atoms with van der Waals surface area (Å²) in [5.41, 5.74) is 3.09. The summed E-state index contributed by atoms with van der Waals surface area (Å²) in [5.74, 6) is 1.29. The summed E-state index contributed by atoms with van der Waals surface area (Å²) in [7, 11) is 1.57. The van der Waals surface area contributed by atoms with E-state index in [1.54, 1.807) is 25.3 Å². The van der Waals surface area contributed by atoms with Gasteiger partial charge in [0.2, 0.25) is 0 Å². The molecule has 0 unspecified atom stereocenters. The van der Waals surface area contributed by atoms with Crippen LogP contribution in [-0.2, 0) is 13.0 Å². The minimum atomic E-state index is -0.0276. The van der Waals surface area contributed by atoms with Gasteiger partial charge in [-0.2, -0.15) is 0 Å². The molecule has 0 saturated carbocycles. The van der Waals surface area contributed by atoms with Crippen LogP contribution >= 0.6 is 0 Å². The molecule has 0 fully saturated rings. The van der Waals surface area contributed by atoms with Crippen LogP contribution in [0.1, 0.15) is 52.1 Å². The lowest BCUT2D eigenvalue weighted by atomic mass is 10.0. The van der Waals surface area contributed by atoms with Crippen molar-refractivity contribution in [2.24, 2.45) is 0 Å². The highest BCUT2D eigenvalue weighted by molar-refractivity contribution is 5.97. The van der Waals surface area contributed by atoms with E-state index in [0.29, 0.717) is 23.5 Å². The normalized spacial score (nSPS) is 10.3. The van der Waals surface area contributed by atoms with Crippen LogP contribution in [-0.4, -0.2) is 19.2 Å². The minimum Gasteiger partial charge on any atom is -0.496 e. The molecule has 24 heavy (non-hydrogen) atoms. The van der Waals surface area contributed by atoms with E-state index in [0.717, 1.165) is 36.0 Å². The van der Waals surface area contributed by atoms with Gasteiger partial charge < -0.3 is 9.47 Å². The summed E-state index contributed by atoms with van der Waals surface area (Å²) in [6, 6.07) is 10.8. The first-order chi connectivity index (χ1) is 11.6. The standard InChI is InChI=1S/C20H22O4/c1-4-5-18-19(11-10-17(14(2)22)20(18)23-3)24-13-16-8-6-15(12-21)7-9-16/h6-12H,4-5,13H2,1-3H3. The van der Waals surface area contributed by atoms with Gasteiger partial charge in [0.25, 0.3) is 0 Å². The van der Waals surface area contributed by atoms with Crippen LogP contribution in [0, 0.1) is 0 Å². The number of carbonyl (C=O) groups excluding carboxylic acids is 2. The fourth-order valence-corrected chi connectivity index (χ4v) is 2.60. The summed E-state index contributed by atoms with van der Waals surface area (Å²) in [6.07, 6.45) is 2.50. The molecule has 0 atom stereocenters. The first kappa shape index (κ1) is 17.7. The largest absolute Gasteiger partial charge is 0.496 e. The predicted octanol–water partition coefficient (Wildman–Crippen LogP) is 4.24. The van der Waals surface area contributed by atoms with Crippen LogP contribution in [0.5, 0.6) is 11.5 Å². The van der Waals surface area contributed by atoms with Gasteiger partial charge >= 0.3 is 0 Å². The second kappa shape index (κ2) is 8.29. The second-order valence-corrected chi connectivity index (χ2v) is 5.58. The van der Waals surface area contributed by atoms with Crippen LogP contribution in [0.4, 0.5) is 0 Å². The zero-order valence-corrected chi connectivity index (χ0v) is 14.3. The summed E-state index contributed by atoms with van der Waals surface area (Å²) in [6.45, 7) is 3.99. The molecule has 0 aliphatic heterocycles. The third-order valence-corrected chi connectivity index (χ3v) is 3.81. The summed E-state index contributed by atoms with van der Waals surface area (Å²) in [5, 5.41) is 0. The van der Waals surface area contributed by atoms with Gasteiger partial charge in [0.05, 0.1) is 12.7 Å². The van der Waals surface area contributed by atoms with E-state index < -0.39 is 0 Å². The zero-order valence-electron chi connectivity index (χ0n) is 14.3. The quantitative estimate of drug-likeness (QED) is 0.538. The lowest BCUT2D eigenvalue weighted by molar-refractivity contribution is 0.101. The Morgan fingerprint density at radius 3 is 2.38 bits per heavy atom. The molecule has 0 amide bonds. The fraction of sp³-hybridized carbons (Fsp3) is 0.300. The molecule has 0 heterocycles. The highest BCUT2D eigenvalue weighted by Gasteiger charge is 2.17. The van der Waals surface area contributed by atoms with Crippen molar-refractivity contribution in [3.05, 3.63) is 58.7 Å². The number of aldehydes is 1. The van der Waals surface area contributed by atoms with E-state index in [1.807, 2.05) is 18.2 Å². The Hall–Kier alpha value is -2.62. The Morgan fingerprint density at radius 1 is 1.12 bits per heavy atom. The Bertz CT molecular complexity index is 717. The number of methoxy groups -OCH3 is 1. The Labute approximate surface area is 142 Å². The molecule has 2 rings (SSSR count). The van der Waals surface area contributed by atoms with Crippen molar-refractivity contribution >= 4 is 12.1 Å². The molecule has 0 spiro atoms. The number of ketones is 1. The monoisotopic (exact) mass is 326 g/mol. The molecule has 0 aliphatic carbocycles. The maximum absolute atomic E-state index is 11.8. The predicted molar refractivity (Wildman–Crippen MR) is 93.2 cm³/mol. The van der Waals surface area contributed by atoms with Crippen LogP contribution < -0.4 is 9.47 Å². The highest BCUT2D eigenvalue weighted by Crippen LogP contribution is 2.34. The molecule has 0 aromatic heterocycles. The van der Waals surface area contributed by atoms with Crippen LogP contribution in [0.3, 0.4) is 0 Å². The molecule has 2 aromatic rings. The van der Waals surface area contributed by atoms with E-state index in [1.165, 1.54) is 6.92 Å². The van der Waals surface area contributed by atoms with Gasteiger partial charge in [-0.15, -0.1) is 0 Å². The highest BCUT2D eigenvalue weighted by atomic mass is 16.5. The lowest BCUT2D eigenvalue weighted by Crippen LogP contribution is -2.05. The third kappa shape index (κ3) is 4.02. The van der Waals surface area contributed by atoms with E-state index in [-0.39, 0.29) is 5.78 Å². The third-order valence-electron chi connectivity index (χ3n) is 3.81. The van der Waals surface area contributed by atoms with Crippen molar-refractivity contribution in [3.63, 3.8) is 0 Å². The SMILES string of the molecule is CCCc1c(OCc2ccc(C=O)cc2)ccc(C(C)=O)c1OC. The molecule has 0 N–H and O–H groups in total. The van der Waals surface area contributed by atoms with Gasteiger partial charge in [0.1, 0.15) is 24.4 Å². The molecule has 4 nitrogen and oxygen atoms in total. The summed E-state index contributed by atoms with van der Waals surface area (Å²) in [4.78, 5) is 22.5. The smallest absolute Gasteiger partial charge is 0.163 e. The van der Waals surface area contributed by atoms with Crippen molar-refractivity contribution in [1.29, 1.82) is 0 Å². The average molecular weight is 326 g/mol. The molecule has 2 aromatic carbocycles. The Morgan fingerprint density at radius 2 is 1.83 bits per heavy atom. The Balaban J connectivity index is 2.27. The first-order valence-electron chi connectivity index (χ1n) is 7.98. The number of rotatable bonds is 8. The maximum Gasteiger partial charge on any atom is 0.163 e. The molecule has 0 radical (unpaired) electrons.